The van der Waals surface area contributed by atoms with Crippen molar-refractivity contribution in [3.8, 4) is 0 Å². The van der Waals surface area contributed by atoms with E-state index in [4.69, 9.17) is 0 Å². The quantitative estimate of drug-likeness (QED) is 0.493. The first-order chi connectivity index (χ1) is 14.8. The van der Waals surface area contributed by atoms with Crippen LogP contribution in [0, 0.1) is 11.7 Å². The lowest BCUT2D eigenvalue weighted by Crippen LogP contribution is -2.22. The summed E-state index contributed by atoms with van der Waals surface area (Å²) in [6.45, 7) is 6.19. The monoisotopic (exact) mass is 418 g/mol. The summed E-state index contributed by atoms with van der Waals surface area (Å²) in [5, 5.41) is 5.60. The fourth-order valence-corrected chi connectivity index (χ4v) is 3.33. The molecule has 160 valence electrons. The molecule has 5 heteroatoms. The van der Waals surface area contributed by atoms with E-state index < -0.39 is 0 Å². The van der Waals surface area contributed by atoms with Crippen LogP contribution < -0.4 is 10.6 Å². The third kappa shape index (κ3) is 6.01. The largest absolute Gasteiger partial charge is 0.325 e. The van der Waals surface area contributed by atoms with Gasteiger partial charge in [0.25, 0.3) is 5.91 Å². The van der Waals surface area contributed by atoms with E-state index in [9.17, 15) is 14.0 Å². The lowest BCUT2D eigenvalue weighted by molar-refractivity contribution is -0.117. The smallest absolute Gasteiger partial charge is 0.257 e. The van der Waals surface area contributed by atoms with Crippen LogP contribution in [0.5, 0.6) is 0 Å². The molecule has 3 rings (SSSR count). The van der Waals surface area contributed by atoms with Crippen molar-refractivity contribution in [2.75, 3.05) is 10.6 Å². The predicted molar refractivity (Wildman–Crippen MR) is 123 cm³/mol. The van der Waals surface area contributed by atoms with Crippen LogP contribution in [0.2, 0.25) is 0 Å². The molecule has 3 aromatic carbocycles. The molecule has 4 nitrogen and oxygen atoms in total. The molecule has 0 heterocycles. The highest BCUT2D eigenvalue weighted by atomic mass is 19.1. The third-order valence-electron chi connectivity index (χ3n) is 5.05. The molecule has 0 saturated heterocycles. The van der Waals surface area contributed by atoms with E-state index in [0.29, 0.717) is 22.9 Å². The van der Waals surface area contributed by atoms with Crippen molar-refractivity contribution in [3.63, 3.8) is 0 Å². The van der Waals surface area contributed by atoms with Crippen LogP contribution in [0.3, 0.4) is 0 Å². The minimum absolute atomic E-state index is 0.196. The third-order valence-corrected chi connectivity index (χ3v) is 5.05. The second kappa shape index (κ2) is 10.0. The summed E-state index contributed by atoms with van der Waals surface area (Å²) < 4.78 is 13.1. The molecule has 0 fully saturated rings. The number of amides is 2. The first kappa shape index (κ1) is 22.2. The molecule has 0 radical (unpaired) electrons. The zero-order valence-corrected chi connectivity index (χ0v) is 18.0. The average Bonchev–Trinajstić information content (AvgIpc) is 2.75. The van der Waals surface area contributed by atoms with Crippen molar-refractivity contribution >= 4 is 23.2 Å². The van der Waals surface area contributed by atoms with Crippen LogP contribution in [0.1, 0.15) is 48.2 Å². The summed E-state index contributed by atoms with van der Waals surface area (Å²) in [4.78, 5) is 25.6. The average molecular weight is 419 g/mol. The van der Waals surface area contributed by atoms with Gasteiger partial charge in [-0.15, -0.1) is 0 Å². The molecule has 0 spiro atoms. The molecular weight excluding hydrogens is 391 g/mol. The molecule has 0 saturated carbocycles. The number of benzene rings is 3. The van der Waals surface area contributed by atoms with Crippen molar-refractivity contribution in [3.05, 3.63) is 95.3 Å². The van der Waals surface area contributed by atoms with E-state index in [2.05, 4.69) is 36.6 Å². The molecule has 0 aliphatic heterocycles. The van der Waals surface area contributed by atoms with Crippen LogP contribution in [0.15, 0.2) is 72.8 Å². The highest BCUT2D eigenvalue weighted by Crippen LogP contribution is 2.22. The first-order valence-electron chi connectivity index (χ1n) is 10.4. The van der Waals surface area contributed by atoms with Crippen LogP contribution in [-0.4, -0.2) is 11.8 Å². The number of rotatable bonds is 7. The summed E-state index contributed by atoms with van der Waals surface area (Å²) in [7, 11) is 0. The molecule has 0 bridgehead atoms. The van der Waals surface area contributed by atoms with Gasteiger partial charge in [-0.1, -0.05) is 50.2 Å². The van der Waals surface area contributed by atoms with Crippen molar-refractivity contribution in [1.29, 1.82) is 0 Å². The van der Waals surface area contributed by atoms with E-state index in [0.717, 1.165) is 12.0 Å². The van der Waals surface area contributed by atoms with Crippen LogP contribution >= 0.6 is 0 Å². The second-order valence-electron chi connectivity index (χ2n) is 8.06. The Balaban J connectivity index is 1.71. The number of hydrogen-bond donors (Lipinski definition) is 2. The fourth-order valence-electron chi connectivity index (χ4n) is 3.33. The van der Waals surface area contributed by atoms with Crippen molar-refractivity contribution in [2.24, 2.45) is 5.92 Å². The molecule has 1 atom stereocenters. The normalized spacial score (nSPS) is 11.8. The number of para-hydroxylation sites is 1. The van der Waals surface area contributed by atoms with E-state index in [1.807, 2.05) is 19.1 Å². The van der Waals surface area contributed by atoms with Gasteiger partial charge in [0.15, 0.2) is 0 Å². The Hall–Kier alpha value is -3.47. The lowest BCUT2D eigenvalue weighted by atomic mass is 9.96. The number of nitrogens with one attached hydrogen (secondary N) is 2. The zero-order chi connectivity index (χ0) is 22.4. The van der Waals surface area contributed by atoms with Gasteiger partial charge in [-0.2, -0.15) is 0 Å². The molecule has 2 amide bonds. The Morgan fingerprint density at radius 2 is 1.48 bits per heavy atom. The van der Waals surface area contributed by atoms with E-state index in [1.54, 1.807) is 24.3 Å². The lowest BCUT2D eigenvalue weighted by Gasteiger charge is -2.16. The van der Waals surface area contributed by atoms with Gasteiger partial charge >= 0.3 is 0 Å². The van der Waals surface area contributed by atoms with Crippen LogP contribution in [-0.2, 0) is 11.2 Å². The van der Waals surface area contributed by atoms with Gasteiger partial charge in [0.2, 0.25) is 5.91 Å². The van der Waals surface area contributed by atoms with Gasteiger partial charge in [0.1, 0.15) is 5.82 Å². The Bertz CT molecular complexity index is 1040. The highest BCUT2D eigenvalue weighted by molar-refractivity contribution is 6.10. The molecular formula is C26H27FN2O2. The Morgan fingerprint density at radius 1 is 0.839 bits per heavy atom. The highest BCUT2D eigenvalue weighted by Gasteiger charge is 2.19. The van der Waals surface area contributed by atoms with Gasteiger partial charge in [-0.25, -0.2) is 4.39 Å². The second-order valence-corrected chi connectivity index (χ2v) is 8.06. The van der Waals surface area contributed by atoms with Gasteiger partial charge in [0, 0.05) is 5.69 Å². The van der Waals surface area contributed by atoms with Crippen molar-refractivity contribution in [2.45, 2.75) is 33.1 Å². The summed E-state index contributed by atoms with van der Waals surface area (Å²) in [5.41, 5.74) is 3.39. The van der Waals surface area contributed by atoms with Crippen LogP contribution in [0.4, 0.5) is 15.8 Å². The maximum absolute atomic E-state index is 13.1. The Labute approximate surface area is 182 Å². The Kier molecular flexibility index (Phi) is 7.19. The Morgan fingerprint density at radius 3 is 2.13 bits per heavy atom. The number of halogens is 1. The summed E-state index contributed by atoms with van der Waals surface area (Å²) in [6, 6.07) is 20.4. The van der Waals surface area contributed by atoms with Crippen molar-refractivity contribution in [1.82, 2.24) is 0 Å². The summed E-state index contributed by atoms with van der Waals surface area (Å²) in [5.74, 6) is -0.755. The summed E-state index contributed by atoms with van der Waals surface area (Å²) >= 11 is 0. The molecule has 31 heavy (non-hydrogen) atoms. The first-order valence-corrected chi connectivity index (χ1v) is 10.4. The van der Waals surface area contributed by atoms with Gasteiger partial charge < -0.3 is 10.6 Å². The minimum atomic E-state index is -0.381. The molecule has 0 aliphatic rings. The minimum Gasteiger partial charge on any atom is -0.325 e. The SMILES string of the molecule is CC(C)Cc1ccc([C@@H](C)C(=O)Nc2ccccc2C(=O)Nc2ccc(F)cc2)cc1. The zero-order valence-electron chi connectivity index (χ0n) is 18.0. The number of hydrogen-bond acceptors (Lipinski definition) is 2. The molecule has 0 aliphatic carbocycles. The molecule has 0 aromatic heterocycles. The predicted octanol–water partition coefficient (Wildman–Crippen LogP) is 6.02. The molecule has 3 aromatic rings. The number of anilines is 2. The topological polar surface area (TPSA) is 58.2 Å². The van der Waals surface area contributed by atoms with Gasteiger partial charge in [-0.05, 0) is 66.8 Å². The maximum atomic E-state index is 13.1. The van der Waals surface area contributed by atoms with Gasteiger partial charge in [-0.3, -0.25) is 9.59 Å². The molecule has 2 N–H and O–H groups in total. The van der Waals surface area contributed by atoms with E-state index in [1.165, 1.54) is 29.8 Å². The van der Waals surface area contributed by atoms with Crippen LogP contribution in [0.25, 0.3) is 0 Å². The number of carbonyl (C=O) groups excluding carboxylic acids is 2. The van der Waals surface area contributed by atoms with Crippen molar-refractivity contribution < 1.29 is 14.0 Å². The van der Waals surface area contributed by atoms with E-state index in [-0.39, 0.29) is 23.5 Å². The number of carbonyl (C=O) groups is 2. The standard InChI is InChI=1S/C26H27FN2O2/c1-17(2)16-19-8-10-20(11-9-19)18(3)25(30)29-24-7-5-4-6-23(24)26(31)28-22-14-12-21(27)13-15-22/h4-15,17-18H,16H2,1-3H3,(H,28,31)(H,29,30)/t18-/m1/s1. The summed E-state index contributed by atoms with van der Waals surface area (Å²) in [6.07, 6.45) is 0.997. The van der Waals surface area contributed by atoms with Gasteiger partial charge in [0.05, 0.1) is 17.2 Å². The maximum Gasteiger partial charge on any atom is 0.257 e. The van der Waals surface area contributed by atoms with E-state index >= 15 is 0 Å². The fraction of sp³-hybridized carbons (Fsp3) is 0.231. The molecule has 0 unspecified atom stereocenters.